The molecule has 6 rings (SSSR count). The molecule has 3 aliphatic rings. The molecule has 2 N–H and O–H groups in total. The van der Waals surface area contributed by atoms with E-state index in [-0.39, 0.29) is 36.6 Å². The van der Waals surface area contributed by atoms with Crippen LogP contribution in [0.4, 0.5) is 16.0 Å². The number of aromatic nitrogens is 3. The summed E-state index contributed by atoms with van der Waals surface area (Å²) < 4.78 is 34.7. The van der Waals surface area contributed by atoms with Crippen molar-refractivity contribution in [2.24, 2.45) is 18.0 Å². The van der Waals surface area contributed by atoms with Crippen molar-refractivity contribution < 1.29 is 23.7 Å². The minimum absolute atomic E-state index is 0.0194. The molecule has 1 aliphatic carbocycles. The Labute approximate surface area is 237 Å². The van der Waals surface area contributed by atoms with Crippen molar-refractivity contribution in [1.29, 1.82) is 0 Å². The maximum Gasteiger partial charge on any atom is 0.189 e. The second-order valence-corrected chi connectivity index (χ2v) is 11.2. The first-order chi connectivity index (χ1) is 19.3. The first-order valence-corrected chi connectivity index (χ1v) is 14.0. The highest BCUT2D eigenvalue weighted by Crippen LogP contribution is 2.40. The van der Waals surface area contributed by atoms with Crippen molar-refractivity contribution in [3.05, 3.63) is 58.3 Å². The largest absolute Gasteiger partial charge is 0.480 e. The highest BCUT2D eigenvalue weighted by Gasteiger charge is 2.47. The van der Waals surface area contributed by atoms with Crippen LogP contribution in [0.1, 0.15) is 42.5 Å². The minimum atomic E-state index is -0.593. The highest BCUT2D eigenvalue weighted by molar-refractivity contribution is 6.33. The van der Waals surface area contributed by atoms with Crippen LogP contribution in [0.3, 0.4) is 0 Å². The van der Waals surface area contributed by atoms with Crippen LogP contribution in [0, 0.1) is 18.7 Å². The molecule has 5 atom stereocenters. The number of fused-ring (bicyclic) bond motifs is 2. The van der Waals surface area contributed by atoms with Gasteiger partial charge >= 0.3 is 0 Å². The number of nitrogens with one attached hydrogen (secondary N) is 1. The molecule has 1 aromatic carbocycles. The van der Waals surface area contributed by atoms with Gasteiger partial charge in [0.05, 0.1) is 49.0 Å². The van der Waals surface area contributed by atoms with Gasteiger partial charge in [-0.2, -0.15) is 4.99 Å². The fourth-order valence-electron chi connectivity index (χ4n) is 5.76. The molecule has 0 bridgehead atoms. The molecule has 2 aliphatic heterocycles. The van der Waals surface area contributed by atoms with Crippen molar-refractivity contribution in [3.63, 3.8) is 0 Å². The van der Waals surface area contributed by atoms with Gasteiger partial charge in [-0.3, -0.25) is 0 Å². The van der Waals surface area contributed by atoms with Gasteiger partial charge in [-0.15, -0.1) is 0 Å². The maximum absolute atomic E-state index is 15.4. The molecule has 0 saturated carbocycles. The number of hydrogen-bond acceptors (Lipinski definition) is 8. The summed E-state index contributed by atoms with van der Waals surface area (Å²) in [5.41, 5.74) is 3.90. The number of benzene rings is 1. The lowest BCUT2D eigenvalue weighted by molar-refractivity contribution is 0.0149. The summed E-state index contributed by atoms with van der Waals surface area (Å²) in [6.07, 6.45) is 4.54. The number of hydrogen-bond donors (Lipinski definition) is 2. The molecule has 4 heterocycles. The number of aliphatic imine (C=N–C) groups is 1. The minimum Gasteiger partial charge on any atom is -0.480 e. The molecule has 40 heavy (non-hydrogen) atoms. The summed E-state index contributed by atoms with van der Waals surface area (Å²) >= 11 is 6.58. The lowest BCUT2D eigenvalue weighted by atomic mass is 10.0. The second kappa shape index (κ2) is 11.1. The van der Waals surface area contributed by atoms with Crippen LogP contribution in [-0.4, -0.2) is 63.7 Å². The molecule has 2 aromatic heterocycles. The van der Waals surface area contributed by atoms with Gasteiger partial charge in [-0.1, -0.05) is 18.5 Å². The second-order valence-electron chi connectivity index (χ2n) is 10.7. The van der Waals surface area contributed by atoms with E-state index in [0.29, 0.717) is 54.2 Å². The number of aliphatic hydroxyl groups excluding tert-OH is 1. The van der Waals surface area contributed by atoms with E-state index >= 15 is 4.39 Å². The Kier molecular flexibility index (Phi) is 7.52. The third-order valence-corrected chi connectivity index (χ3v) is 8.13. The molecule has 212 valence electrons. The van der Waals surface area contributed by atoms with Gasteiger partial charge in [0, 0.05) is 36.7 Å². The van der Waals surface area contributed by atoms with Gasteiger partial charge < -0.3 is 29.2 Å². The molecule has 0 spiro atoms. The fraction of sp³-hybridized carbons (Fsp3) is 0.483. The normalized spacial score (nSPS) is 25.8. The fourth-order valence-corrected chi connectivity index (χ4v) is 6.02. The number of aliphatic hydroxyl groups is 1. The smallest absolute Gasteiger partial charge is 0.189 e. The van der Waals surface area contributed by atoms with Crippen molar-refractivity contribution in [3.8, 4) is 11.3 Å². The van der Waals surface area contributed by atoms with Crippen molar-refractivity contribution in [2.45, 2.75) is 57.5 Å². The predicted molar refractivity (Wildman–Crippen MR) is 150 cm³/mol. The number of pyridine rings is 1. The zero-order valence-electron chi connectivity index (χ0n) is 22.7. The van der Waals surface area contributed by atoms with Gasteiger partial charge in [0.25, 0.3) is 0 Å². The lowest BCUT2D eigenvalue weighted by Crippen LogP contribution is -2.31. The first kappa shape index (κ1) is 27.1. The van der Waals surface area contributed by atoms with Gasteiger partial charge in [0.1, 0.15) is 23.8 Å². The van der Waals surface area contributed by atoms with Gasteiger partial charge in [-0.05, 0) is 49.1 Å². The van der Waals surface area contributed by atoms with Crippen LogP contribution < -0.4 is 5.32 Å². The number of imidazole rings is 1. The molecular formula is C29H33ClFN5O4. The molecular weight excluding hydrogens is 537 g/mol. The molecule has 11 heteroatoms. The van der Waals surface area contributed by atoms with Crippen LogP contribution in [0.15, 0.2) is 35.7 Å². The van der Waals surface area contributed by atoms with Crippen LogP contribution in [0.25, 0.3) is 11.3 Å². The van der Waals surface area contributed by atoms with E-state index in [1.807, 2.05) is 43.8 Å². The summed E-state index contributed by atoms with van der Waals surface area (Å²) in [6, 6.07) is 5.10. The third-order valence-electron chi connectivity index (χ3n) is 7.84. The van der Waals surface area contributed by atoms with Crippen molar-refractivity contribution in [1.82, 2.24) is 14.5 Å². The number of ether oxygens (including phenoxy) is 3. The molecule has 0 amide bonds. The molecule has 2 saturated heterocycles. The van der Waals surface area contributed by atoms with Gasteiger partial charge in [-0.25, -0.2) is 14.4 Å². The van der Waals surface area contributed by atoms with Crippen molar-refractivity contribution >= 4 is 29.1 Å². The van der Waals surface area contributed by atoms with E-state index in [9.17, 15) is 5.11 Å². The number of aryl methyl sites for hydroxylation is 3. The Bertz CT molecular complexity index is 1450. The van der Waals surface area contributed by atoms with Gasteiger partial charge in [0.2, 0.25) is 0 Å². The standard InChI is InChI=1S/C29H33ClFN5O4/c1-4-24(38-11-18-12-39-27-23(37)13-40-26(18)27)34-28-15(2)7-19(30)29(35-28)33-21-6-5-16-8-17(9-20(31)25(16)21)22-10-36(3)14-32-22/h7-10,14,18,21,23,26-27,37H,4-6,11-13H2,1-3H3,(H,33,35)/t18?,21?,23?,26-,27-/m1/s1. The van der Waals surface area contributed by atoms with Crippen LogP contribution in [-0.2, 0) is 27.7 Å². The molecule has 3 unspecified atom stereocenters. The van der Waals surface area contributed by atoms with Crippen LogP contribution >= 0.6 is 11.6 Å². The number of rotatable bonds is 7. The third kappa shape index (κ3) is 5.21. The Morgan fingerprint density at radius 1 is 1.27 bits per heavy atom. The van der Waals surface area contributed by atoms with E-state index in [1.165, 1.54) is 0 Å². The first-order valence-electron chi connectivity index (χ1n) is 13.7. The average molecular weight is 570 g/mol. The van der Waals surface area contributed by atoms with E-state index in [1.54, 1.807) is 12.4 Å². The summed E-state index contributed by atoms with van der Waals surface area (Å²) in [4.78, 5) is 13.8. The van der Waals surface area contributed by atoms with E-state index in [4.69, 9.17) is 35.8 Å². The SMILES string of the molecule is CCC(=Nc1nc(NC2CCc3cc(-c4cn(C)cn4)cc(F)c32)c(Cl)cc1C)OCC1CO[C@@H]2C(O)CO[C@H]12. The Morgan fingerprint density at radius 2 is 2.10 bits per heavy atom. The van der Waals surface area contributed by atoms with E-state index < -0.39 is 6.10 Å². The number of anilines is 1. The molecule has 3 aromatic rings. The number of nitrogens with zero attached hydrogens (tertiary/aromatic N) is 4. The zero-order chi connectivity index (χ0) is 28.0. The Morgan fingerprint density at radius 3 is 2.88 bits per heavy atom. The average Bonchev–Trinajstić information content (AvgIpc) is 3.71. The van der Waals surface area contributed by atoms with Gasteiger partial charge in [0.15, 0.2) is 11.7 Å². The van der Waals surface area contributed by atoms with E-state index in [0.717, 1.165) is 28.8 Å². The van der Waals surface area contributed by atoms with Crippen molar-refractivity contribution in [2.75, 3.05) is 25.1 Å². The lowest BCUT2D eigenvalue weighted by Gasteiger charge is -2.19. The summed E-state index contributed by atoms with van der Waals surface area (Å²) in [6.45, 7) is 4.98. The zero-order valence-corrected chi connectivity index (χ0v) is 23.5. The summed E-state index contributed by atoms with van der Waals surface area (Å²) in [5.74, 6) is 1.22. The number of halogens is 2. The predicted octanol–water partition coefficient (Wildman–Crippen LogP) is 4.91. The van der Waals surface area contributed by atoms with Crippen LogP contribution in [0.2, 0.25) is 5.02 Å². The maximum atomic E-state index is 15.4. The summed E-state index contributed by atoms with van der Waals surface area (Å²) in [7, 11) is 1.89. The quantitative estimate of drug-likeness (QED) is 0.308. The highest BCUT2D eigenvalue weighted by atomic mass is 35.5. The molecule has 9 nitrogen and oxygen atoms in total. The summed E-state index contributed by atoms with van der Waals surface area (Å²) in [5, 5.41) is 13.8. The Hall–Kier alpha value is -3.05. The molecule has 2 fully saturated rings. The topological polar surface area (TPSA) is 103 Å². The monoisotopic (exact) mass is 569 g/mol. The molecule has 0 radical (unpaired) electrons. The van der Waals surface area contributed by atoms with Crippen LogP contribution in [0.5, 0.6) is 0 Å². The Balaban J connectivity index is 1.19. The van der Waals surface area contributed by atoms with E-state index in [2.05, 4.69) is 10.3 Å².